The van der Waals surface area contributed by atoms with Gasteiger partial charge in [-0.25, -0.2) is 0 Å². The second-order valence-electron chi connectivity index (χ2n) is 6.00. The van der Waals surface area contributed by atoms with Gasteiger partial charge in [0, 0.05) is 18.1 Å². The summed E-state index contributed by atoms with van der Waals surface area (Å²) in [7, 11) is 3.54. The van der Waals surface area contributed by atoms with Gasteiger partial charge in [0.15, 0.2) is 0 Å². The third-order valence-corrected chi connectivity index (χ3v) is 4.59. The largest absolute Gasteiger partial charge is 0.468 e. The molecule has 0 saturated carbocycles. The van der Waals surface area contributed by atoms with E-state index in [4.69, 9.17) is 4.74 Å². The van der Waals surface area contributed by atoms with Crippen LogP contribution in [0, 0.1) is 5.92 Å². The van der Waals surface area contributed by atoms with Crippen LogP contribution in [0.25, 0.3) is 0 Å². The van der Waals surface area contributed by atoms with Gasteiger partial charge in [-0.15, -0.1) is 0 Å². The van der Waals surface area contributed by atoms with Crippen LogP contribution in [0.3, 0.4) is 0 Å². The Morgan fingerprint density at radius 2 is 1.83 bits per heavy atom. The van der Waals surface area contributed by atoms with Gasteiger partial charge in [0.1, 0.15) is 6.04 Å². The average Bonchev–Trinajstić information content (AvgIpc) is 2.61. The highest BCUT2D eigenvalue weighted by atomic mass is 16.5. The Labute approximate surface area is 110 Å². The molecule has 4 heteroatoms. The lowest BCUT2D eigenvalue weighted by Gasteiger charge is -2.43. The lowest BCUT2D eigenvalue weighted by molar-refractivity contribution is -0.151. The number of hydrogen-bond donors (Lipinski definition) is 1. The minimum atomic E-state index is -0.0650. The zero-order valence-corrected chi connectivity index (χ0v) is 12.0. The van der Waals surface area contributed by atoms with Crippen molar-refractivity contribution in [2.75, 3.05) is 14.2 Å². The Bertz CT molecular complexity index is 292. The van der Waals surface area contributed by atoms with Crippen LogP contribution in [0.15, 0.2) is 0 Å². The van der Waals surface area contributed by atoms with Gasteiger partial charge in [-0.2, -0.15) is 0 Å². The van der Waals surface area contributed by atoms with Gasteiger partial charge >= 0.3 is 5.97 Å². The SMILES string of the molecule is CNC1CC2CCC(C1)N2C(C(=O)OC)C(C)C. The molecule has 0 spiro atoms. The van der Waals surface area contributed by atoms with Crippen LogP contribution >= 0.6 is 0 Å². The number of nitrogens with zero attached hydrogens (tertiary/aromatic N) is 1. The van der Waals surface area contributed by atoms with Crippen LogP contribution in [-0.2, 0) is 9.53 Å². The molecular formula is C14H26N2O2. The smallest absolute Gasteiger partial charge is 0.323 e. The van der Waals surface area contributed by atoms with Crippen molar-refractivity contribution >= 4 is 5.97 Å². The summed E-state index contributed by atoms with van der Waals surface area (Å²) in [5.74, 6) is 0.247. The van der Waals surface area contributed by atoms with Gasteiger partial charge in [0.05, 0.1) is 7.11 Å². The van der Waals surface area contributed by atoms with E-state index < -0.39 is 0 Å². The predicted molar refractivity (Wildman–Crippen MR) is 71.4 cm³/mol. The van der Waals surface area contributed by atoms with E-state index in [-0.39, 0.29) is 12.0 Å². The number of carbonyl (C=O) groups excluding carboxylic acids is 1. The summed E-state index contributed by atoms with van der Waals surface area (Å²) in [5.41, 5.74) is 0. The molecule has 2 bridgehead atoms. The van der Waals surface area contributed by atoms with Crippen molar-refractivity contribution in [2.24, 2.45) is 5.92 Å². The summed E-state index contributed by atoms with van der Waals surface area (Å²) in [6, 6.07) is 1.65. The molecule has 2 aliphatic rings. The monoisotopic (exact) mass is 254 g/mol. The van der Waals surface area contributed by atoms with Crippen LogP contribution in [0.2, 0.25) is 0 Å². The van der Waals surface area contributed by atoms with E-state index in [9.17, 15) is 4.79 Å². The Morgan fingerprint density at radius 3 is 2.22 bits per heavy atom. The zero-order chi connectivity index (χ0) is 13.3. The van der Waals surface area contributed by atoms with E-state index in [1.807, 2.05) is 7.05 Å². The fraction of sp³-hybridized carbons (Fsp3) is 0.929. The topological polar surface area (TPSA) is 41.6 Å². The van der Waals surface area contributed by atoms with E-state index in [1.165, 1.54) is 20.0 Å². The highest BCUT2D eigenvalue weighted by Gasteiger charge is 2.46. The molecule has 2 saturated heterocycles. The number of nitrogens with one attached hydrogen (secondary N) is 1. The fourth-order valence-electron chi connectivity index (χ4n) is 3.76. The lowest BCUT2D eigenvalue weighted by Crippen LogP contribution is -2.56. The van der Waals surface area contributed by atoms with E-state index >= 15 is 0 Å². The first-order chi connectivity index (χ1) is 8.58. The van der Waals surface area contributed by atoms with E-state index in [2.05, 4.69) is 24.1 Å². The number of carbonyl (C=O) groups is 1. The molecule has 2 rings (SSSR count). The van der Waals surface area contributed by atoms with Crippen LogP contribution < -0.4 is 5.32 Å². The average molecular weight is 254 g/mol. The van der Waals surface area contributed by atoms with Crippen molar-refractivity contribution in [1.29, 1.82) is 0 Å². The molecule has 0 aliphatic carbocycles. The molecule has 0 radical (unpaired) electrons. The van der Waals surface area contributed by atoms with Crippen molar-refractivity contribution < 1.29 is 9.53 Å². The van der Waals surface area contributed by atoms with Gasteiger partial charge in [-0.1, -0.05) is 13.8 Å². The summed E-state index contributed by atoms with van der Waals surface area (Å²) >= 11 is 0. The zero-order valence-electron chi connectivity index (χ0n) is 12.0. The molecule has 0 aromatic heterocycles. The predicted octanol–water partition coefficient (Wildman–Crippen LogP) is 1.40. The molecule has 0 amide bonds. The number of rotatable bonds is 4. The van der Waals surface area contributed by atoms with Crippen molar-refractivity contribution in [1.82, 2.24) is 10.2 Å². The molecule has 104 valence electrons. The third-order valence-electron chi connectivity index (χ3n) is 4.59. The second-order valence-corrected chi connectivity index (χ2v) is 6.00. The number of esters is 1. The normalized spacial score (nSPS) is 33.7. The maximum Gasteiger partial charge on any atom is 0.323 e. The lowest BCUT2D eigenvalue weighted by atomic mass is 9.92. The molecule has 0 aromatic carbocycles. The molecule has 3 atom stereocenters. The van der Waals surface area contributed by atoms with Gasteiger partial charge in [-0.05, 0) is 38.6 Å². The minimum absolute atomic E-state index is 0.0645. The Hall–Kier alpha value is -0.610. The molecule has 2 aliphatic heterocycles. The van der Waals surface area contributed by atoms with Gasteiger partial charge < -0.3 is 10.1 Å². The highest BCUT2D eigenvalue weighted by Crippen LogP contribution is 2.38. The molecule has 4 nitrogen and oxygen atoms in total. The van der Waals surface area contributed by atoms with Crippen LogP contribution in [0.5, 0.6) is 0 Å². The van der Waals surface area contributed by atoms with E-state index in [0.717, 1.165) is 12.8 Å². The first-order valence-corrected chi connectivity index (χ1v) is 7.11. The molecule has 1 N–H and O–H groups in total. The van der Waals surface area contributed by atoms with Crippen molar-refractivity contribution in [3.05, 3.63) is 0 Å². The summed E-state index contributed by atoms with van der Waals surface area (Å²) in [6.07, 6.45) is 4.77. The summed E-state index contributed by atoms with van der Waals surface area (Å²) in [6.45, 7) is 4.23. The molecule has 2 fully saturated rings. The standard InChI is InChI=1S/C14H26N2O2/c1-9(2)13(14(17)18-4)16-11-5-6-12(16)8-10(7-11)15-3/h9-13,15H,5-8H2,1-4H3. The summed E-state index contributed by atoms with van der Waals surface area (Å²) in [5, 5.41) is 3.39. The van der Waals surface area contributed by atoms with Gasteiger partial charge in [0.2, 0.25) is 0 Å². The quantitative estimate of drug-likeness (QED) is 0.770. The first kappa shape index (κ1) is 13.8. The Kier molecular flexibility index (Phi) is 4.28. The van der Waals surface area contributed by atoms with Gasteiger partial charge in [0.25, 0.3) is 0 Å². The number of hydrogen-bond acceptors (Lipinski definition) is 4. The van der Waals surface area contributed by atoms with E-state index in [1.54, 1.807) is 0 Å². The van der Waals surface area contributed by atoms with Crippen LogP contribution in [0.4, 0.5) is 0 Å². The molecule has 0 aromatic rings. The highest BCUT2D eigenvalue weighted by molar-refractivity contribution is 5.76. The number of methoxy groups -OCH3 is 1. The maximum atomic E-state index is 12.0. The number of fused-ring (bicyclic) bond motifs is 2. The Morgan fingerprint density at radius 1 is 1.28 bits per heavy atom. The number of piperidine rings is 1. The molecule has 18 heavy (non-hydrogen) atoms. The van der Waals surface area contributed by atoms with Crippen molar-refractivity contribution in [3.63, 3.8) is 0 Å². The second kappa shape index (κ2) is 5.57. The van der Waals surface area contributed by atoms with E-state index in [0.29, 0.717) is 24.0 Å². The van der Waals surface area contributed by atoms with Crippen molar-refractivity contribution in [3.8, 4) is 0 Å². The molecule has 3 unspecified atom stereocenters. The Balaban J connectivity index is 2.15. The molecular weight excluding hydrogens is 228 g/mol. The fourth-order valence-corrected chi connectivity index (χ4v) is 3.76. The maximum absolute atomic E-state index is 12.0. The van der Waals surface area contributed by atoms with Gasteiger partial charge in [-0.3, -0.25) is 9.69 Å². The van der Waals surface area contributed by atoms with Crippen LogP contribution in [0.1, 0.15) is 39.5 Å². The molecule has 2 heterocycles. The summed E-state index contributed by atoms with van der Waals surface area (Å²) < 4.78 is 5.01. The summed E-state index contributed by atoms with van der Waals surface area (Å²) in [4.78, 5) is 14.5. The van der Waals surface area contributed by atoms with Crippen molar-refractivity contribution in [2.45, 2.75) is 63.7 Å². The number of ether oxygens (including phenoxy) is 1. The first-order valence-electron chi connectivity index (χ1n) is 7.11. The minimum Gasteiger partial charge on any atom is -0.468 e. The third kappa shape index (κ3) is 2.41. The van der Waals surface area contributed by atoms with Crippen LogP contribution in [-0.4, -0.2) is 49.2 Å².